The Balaban J connectivity index is 1.79. The summed E-state index contributed by atoms with van der Waals surface area (Å²) in [5, 5.41) is 2.96. The van der Waals surface area contributed by atoms with Gasteiger partial charge in [-0.05, 0) is 69.7 Å². The van der Waals surface area contributed by atoms with E-state index in [1.807, 2.05) is 36.1 Å². The van der Waals surface area contributed by atoms with Crippen LogP contribution >= 0.6 is 0 Å². The smallest absolute Gasteiger partial charge is 0.259 e. The van der Waals surface area contributed by atoms with Gasteiger partial charge in [0, 0.05) is 30.9 Å². The Morgan fingerprint density at radius 3 is 2.56 bits per heavy atom. The fraction of sp³-hybridized carbons (Fsp3) is 0.571. The summed E-state index contributed by atoms with van der Waals surface area (Å²) in [6, 6.07) is 5.95. The number of allylic oxidation sites excluding steroid dienone is 1. The molecule has 8 nitrogen and oxygen atoms in total. The van der Waals surface area contributed by atoms with Crippen molar-refractivity contribution in [2.75, 3.05) is 18.4 Å². The van der Waals surface area contributed by atoms with E-state index in [9.17, 15) is 9.59 Å². The van der Waals surface area contributed by atoms with Gasteiger partial charge in [0.1, 0.15) is 0 Å². The third-order valence-corrected chi connectivity index (χ3v) is 8.65. The topological polar surface area (TPSA) is 119 Å². The number of carbonyl (C=O) groups is 2. The average molecular weight is 591 g/mol. The maximum Gasteiger partial charge on any atom is 0.259 e. The zero-order valence-electron chi connectivity index (χ0n) is 26.5. The molecule has 1 aromatic heterocycles. The summed E-state index contributed by atoms with van der Waals surface area (Å²) in [6.07, 6.45) is 21.4. The molecule has 3 rings (SSSR count). The van der Waals surface area contributed by atoms with Crippen molar-refractivity contribution in [3.63, 3.8) is 0 Å². The lowest BCUT2D eigenvalue weighted by atomic mass is 9.93. The first-order valence-corrected chi connectivity index (χ1v) is 16.4. The van der Waals surface area contributed by atoms with Crippen LogP contribution in [0.1, 0.15) is 108 Å². The lowest BCUT2D eigenvalue weighted by Gasteiger charge is -2.33. The molecule has 0 aliphatic heterocycles. The van der Waals surface area contributed by atoms with Crippen molar-refractivity contribution in [2.45, 2.75) is 110 Å². The van der Waals surface area contributed by atoms with Crippen molar-refractivity contribution in [1.29, 1.82) is 0 Å². The summed E-state index contributed by atoms with van der Waals surface area (Å²) in [5.74, 6) is 0.776. The number of benzene rings is 1. The first-order chi connectivity index (χ1) is 21.0. The van der Waals surface area contributed by atoms with E-state index in [0.717, 1.165) is 57.0 Å². The second kappa shape index (κ2) is 18.3. The predicted molar refractivity (Wildman–Crippen MR) is 179 cm³/mol. The van der Waals surface area contributed by atoms with E-state index in [0.29, 0.717) is 41.6 Å². The molecular formula is C35H54N6O2. The van der Waals surface area contributed by atoms with E-state index in [2.05, 4.69) is 23.4 Å². The number of anilines is 1. The Kier molecular flexibility index (Phi) is 14.5. The van der Waals surface area contributed by atoms with Gasteiger partial charge in [0.2, 0.25) is 5.95 Å². The molecule has 1 heterocycles. The van der Waals surface area contributed by atoms with Gasteiger partial charge >= 0.3 is 0 Å². The molecule has 2 aromatic rings. The highest BCUT2D eigenvalue weighted by atomic mass is 16.2. The first kappa shape index (κ1) is 34.1. The molecule has 1 saturated carbocycles. The minimum absolute atomic E-state index is 0.00462. The van der Waals surface area contributed by atoms with Crippen molar-refractivity contribution in [1.82, 2.24) is 14.5 Å². The standard InChI is InChI=1S/C35H54N6O2/c1-4-7-16-27(25-36)17-11-8-9-14-23-41-32-21-20-28(34(43)40(22-6-3)30-18-12-10-13-19-30)24-31(32)38-35(41)39-33(42)29(26-37)15-5-2/h5-6,15,20-21,24,26-27,30H,3-4,7-14,16-19,22-23,25,36-37H2,1-2H3,(H,38,39,42)/b15-5-,29-26+. The number of imidazole rings is 1. The molecule has 1 atom stereocenters. The highest BCUT2D eigenvalue weighted by Gasteiger charge is 2.26. The maximum absolute atomic E-state index is 13.7. The zero-order valence-corrected chi connectivity index (χ0v) is 26.5. The Morgan fingerprint density at radius 2 is 1.88 bits per heavy atom. The molecule has 5 N–H and O–H groups in total. The zero-order chi connectivity index (χ0) is 31.0. The molecule has 1 aliphatic rings. The van der Waals surface area contributed by atoms with Crippen LogP contribution < -0.4 is 16.8 Å². The summed E-state index contributed by atoms with van der Waals surface area (Å²) in [6.45, 7) is 9.98. The number of carbonyl (C=O) groups excluding carboxylic acids is 2. The first-order valence-electron chi connectivity index (χ1n) is 16.4. The molecule has 236 valence electrons. The fourth-order valence-corrected chi connectivity index (χ4v) is 6.17. The van der Waals surface area contributed by atoms with Gasteiger partial charge < -0.3 is 20.9 Å². The number of nitrogens with one attached hydrogen (secondary N) is 1. The predicted octanol–water partition coefficient (Wildman–Crippen LogP) is 7.07. The number of hydrogen-bond acceptors (Lipinski definition) is 5. The normalized spacial score (nSPS) is 15.2. The van der Waals surface area contributed by atoms with Crippen molar-refractivity contribution in [3.05, 3.63) is 60.3 Å². The molecule has 8 heteroatoms. The highest BCUT2D eigenvalue weighted by Crippen LogP contribution is 2.27. The Labute approximate surface area is 258 Å². The Bertz CT molecular complexity index is 1240. The van der Waals surface area contributed by atoms with Crippen LogP contribution in [0.5, 0.6) is 0 Å². The van der Waals surface area contributed by atoms with E-state index >= 15 is 0 Å². The van der Waals surface area contributed by atoms with Crippen molar-refractivity contribution < 1.29 is 9.59 Å². The summed E-state index contributed by atoms with van der Waals surface area (Å²) >= 11 is 0. The number of hydrogen-bond donors (Lipinski definition) is 3. The fourth-order valence-electron chi connectivity index (χ4n) is 6.17. The molecule has 0 spiro atoms. The Hall–Kier alpha value is -3.39. The third-order valence-electron chi connectivity index (χ3n) is 8.65. The van der Waals surface area contributed by atoms with E-state index in [1.54, 1.807) is 12.2 Å². The van der Waals surface area contributed by atoms with Crippen LogP contribution in [-0.4, -0.2) is 45.4 Å². The number of nitrogens with two attached hydrogens (primary N) is 2. The molecule has 0 radical (unpaired) electrons. The lowest BCUT2D eigenvalue weighted by molar-refractivity contribution is -0.112. The summed E-state index contributed by atoms with van der Waals surface area (Å²) in [5.41, 5.74) is 14.3. The van der Waals surface area contributed by atoms with Crippen LogP contribution in [0.4, 0.5) is 5.95 Å². The molecule has 1 aliphatic carbocycles. The van der Waals surface area contributed by atoms with Crippen LogP contribution in [0.3, 0.4) is 0 Å². The summed E-state index contributed by atoms with van der Waals surface area (Å²) in [4.78, 5) is 33.5. The second-order valence-electron chi connectivity index (χ2n) is 11.9. The van der Waals surface area contributed by atoms with Gasteiger partial charge in [-0.15, -0.1) is 6.58 Å². The highest BCUT2D eigenvalue weighted by molar-refractivity contribution is 6.05. The summed E-state index contributed by atoms with van der Waals surface area (Å²) < 4.78 is 2.05. The van der Waals surface area contributed by atoms with Gasteiger partial charge in [-0.25, -0.2) is 4.98 Å². The van der Waals surface area contributed by atoms with Gasteiger partial charge in [0.15, 0.2) is 0 Å². The molecule has 43 heavy (non-hydrogen) atoms. The van der Waals surface area contributed by atoms with Crippen LogP contribution in [0, 0.1) is 5.92 Å². The van der Waals surface area contributed by atoms with E-state index in [1.165, 1.54) is 44.7 Å². The number of aryl methyl sites for hydroxylation is 1. The molecule has 1 fully saturated rings. The van der Waals surface area contributed by atoms with Gasteiger partial charge in [-0.1, -0.05) is 76.5 Å². The Morgan fingerprint density at radius 1 is 1.14 bits per heavy atom. The monoisotopic (exact) mass is 590 g/mol. The summed E-state index contributed by atoms with van der Waals surface area (Å²) in [7, 11) is 0. The number of amides is 2. The van der Waals surface area contributed by atoms with Crippen LogP contribution in [0.2, 0.25) is 0 Å². The minimum atomic E-state index is -0.317. The van der Waals surface area contributed by atoms with E-state index < -0.39 is 0 Å². The number of nitrogens with zero attached hydrogens (tertiary/aromatic N) is 3. The van der Waals surface area contributed by atoms with E-state index in [-0.39, 0.29) is 17.9 Å². The number of unbranched alkanes of at least 4 members (excludes halogenated alkanes) is 4. The number of rotatable bonds is 18. The molecule has 1 unspecified atom stereocenters. The van der Waals surface area contributed by atoms with Crippen LogP contribution in [-0.2, 0) is 11.3 Å². The molecule has 1 aromatic carbocycles. The van der Waals surface area contributed by atoms with Crippen LogP contribution in [0.15, 0.2) is 54.8 Å². The van der Waals surface area contributed by atoms with Crippen molar-refractivity contribution in [2.24, 2.45) is 17.4 Å². The van der Waals surface area contributed by atoms with Gasteiger partial charge in [0.05, 0.1) is 16.6 Å². The SMILES string of the molecule is C=CCN(C(=O)c1ccc2c(c1)nc(NC(=O)C(/C=C\C)=C/N)n2CCCCCCC(CN)CCCC)C1CCCCC1. The maximum atomic E-state index is 13.7. The number of aromatic nitrogens is 2. The van der Waals surface area contributed by atoms with Crippen molar-refractivity contribution >= 4 is 28.8 Å². The lowest BCUT2D eigenvalue weighted by Crippen LogP contribution is -2.41. The van der Waals surface area contributed by atoms with Gasteiger partial charge in [-0.3, -0.25) is 14.9 Å². The quantitative estimate of drug-likeness (QED) is 0.0742. The van der Waals surface area contributed by atoms with Gasteiger partial charge in [-0.2, -0.15) is 0 Å². The third kappa shape index (κ3) is 9.82. The molecule has 2 amide bonds. The largest absolute Gasteiger partial charge is 0.404 e. The molecular weight excluding hydrogens is 536 g/mol. The van der Waals surface area contributed by atoms with Crippen molar-refractivity contribution in [3.8, 4) is 0 Å². The second-order valence-corrected chi connectivity index (χ2v) is 11.9. The van der Waals surface area contributed by atoms with E-state index in [4.69, 9.17) is 16.5 Å². The van der Waals surface area contributed by atoms with Crippen LogP contribution in [0.25, 0.3) is 11.0 Å². The number of fused-ring (bicyclic) bond motifs is 1. The van der Waals surface area contributed by atoms with Gasteiger partial charge in [0.25, 0.3) is 11.8 Å². The molecule has 0 bridgehead atoms. The molecule has 0 saturated heterocycles. The minimum Gasteiger partial charge on any atom is -0.404 e. The average Bonchev–Trinajstić information content (AvgIpc) is 3.37.